The summed E-state index contributed by atoms with van der Waals surface area (Å²) in [4.78, 5) is 4.98. The maximum Gasteiger partial charge on any atom is 0.126 e. The quantitative estimate of drug-likeness (QED) is 0.661. The second-order valence-electron chi connectivity index (χ2n) is 2.93. The van der Waals surface area contributed by atoms with E-state index in [2.05, 4.69) is 4.98 Å². The average Bonchev–Trinajstić information content (AvgIpc) is 2.65. The van der Waals surface area contributed by atoms with E-state index in [0.29, 0.717) is 5.69 Å². The van der Waals surface area contributed by atoms with Gasteiger partial charge in [0.05, 0.1) is 5.75 Å². The molecule has 0 aliphatic heterocycles. The molecule has 0 saturated heterocycles. The van der Waals surface area contributed by atoms with Crippen LogP contribution in [0.3, 0.4) is 0 Å². The SMILES string of the molecule is Nc1cc(F)cc(SCc2nccs2)c1. The smallest absolute Gasteiger partial charge is 0.126 e. The van der Waals surface area contributed by atoms with E-state index in [9.17, 15) is 4.39 Å². The fourth-order valence-corrected chi connectivity index (χ4v) is 2.77. The van der Waals surface area contributed by atoms with Crippen LogP contribution in [0.4, 0.5) is 10.1 Å². The van der Waals surface area contributed by atoms with Gasteiger partial charge in [-0.15, -0.1) is 23.1 Å². The first-order chi connectivity index (χ1) is 7.24. The summed E-state index contributed by atoms with van der Waals surface area (Å²) in [6.45, 7) is 0. The summed E-state index contributed by atoms with van der Waals surface area (Å²) in [6, 6.07) is 4.56. The molecule has 2 rings (SSSR count). The summed E-state index contributed by atoms with van der Waals surface area (Å²) in [7, 11) is 0. The van der Waals surface area contributed by atoms with Crippen molar-refractivity contribution in [2.75, 3.05) is 5.73 Å². The zero-order valence-corrected chi connectivity index (χ0v) is 9.45. The molecular weight excluding hydrogens is 231 g/mol. The molecule has 0 fully saturated rings. The third kappa shape index (κ3) is 2.94. The third-order valence-corrected chi connectivity index (χ3v) is 3.69. The van der Waals surface area contributed by atoms with Crippen LogP contribution in [0.15, 0.2) is 34.7 Å². The number of nitrogens with zero attached hydrogens (tertiary/aromatic N) is 1. The van der Waals surface area contributed by atoms with E-state index < -0.39 is 0 Å². The molecule has 0 atom stereocenters. The fourth-order valence-electron chi connectivity index (χ4n) is 1.14. The third-order valence-electron chi connectivity index (χ3n) is 1.74. The summed E-state index contributed by atoms with van der Waals surface area (Å²) >= 11 is 3.13. The molecule has 2 nitrogen and oxygen atoms in total. The van der Waals surface area contributed by atoms with Crippen molar-refractivity contribution in [3.8, 4) is 0 Å². The predicted octanol–water partition coefficient (Wildman–Crippen LogP) is 3.16. The number of aromatic nitrogens is 1. The minimum Gasteiger partial charge on any atom is -0.399 e. The van der Waals surface area contributed by atoms with Crippen LogP contribution < -0.4 is 5.73 Å². The van der Waals surface area contributed by atoms with E-state index >= 15 is 0 Å². The number of nitrogen functional groups attached to an aromatic ring is 1. The number of thioether (sulfide) groups is 1. The fraction of sp³-hybridized carbons (Fsp3) is 0.100. The predicted molar refractivity (Wildman–Crippen MR) is 62.5 cm³/mol. The van der Waals surface area contributed by atoms with Gasteiger partial charge in [-0.2, -0.15) is 0 Å². The standard InChI is InChI=1S/C10H9FN2S2/c11-7-3-8(12)5-9(4-7)15-6-10-13-1-2-14-10/h1-5H,6,12H2. The summed E-state index contributed by atoms with van der Waals surface area (Å²) in [5.41, 5.74) is 6.00. The minimum atomic E-state index is -0.295. The maximum atomic E-state index is 13.0. The molecule has 1 aromatic carbocycles. The largest absolute Gasteiger partial charge is 0.399 e. The van der Waals surface area contributed by atoms with Crippen molar-refractivity contribution in [2.45, 2.75) is 10.6 Å². The molecule has 2 N–H and O–H groups in total. The van der Waals surface area contributed by atoms with Gasteiger partial charge in [-0.3, -0.25) is 0 Å². The van der Waals surface area contributed by atoms with Crippen LogP contribution in [0.25, 0.3) is 0 Å². The molecule has 0 aliphatic carbocycles. The summed E-state index contributed by atoms with van der Waals surface area (Å²) in [6.07, 6.45) is 1.76. The van der Waals surface area contributed by atoms with Crippen LogP contribution in [0.5, 0.6) is 0 Å². The average molecular weight is 240 g/mol. The van der Waals surface area contributed by atoms with Gasteiger partial charge in [0.1, 0.15) is 10.8 Å². The topological polar surface area (TPSA) is 38.9 Å². The lowest BCUT2D eigenvalue weighted by atomic mass is 10.3. The summed E-state index contributed by atoms with van der Waals surface area (Å²) in [5.74, 6) is 0.456. The molecule has 15 heavy (non-hydrogen) atoms. The maximum absolute atomic E-state index is 13.0. The van der Waals surface area contributed by atoms with Gasteiger partial charge in [0, 0.05) is 22.2 Å². The van der Waals surface area contributed by atoms with Gasteiger partial charge in [-0.25, -0.2) is 9.37 Å². The van der Waals surface area contributed by atoms with Crippen LogP contribution >= 0.6 is 23.1 Å². The lowest BCUT2D eigenvalue weighted by Gasteiger charge is -2.01. The Morgan fingerprint density at radius 3 is 2.93 bits per heavy atom. The Hall–Kier alpha value is -1.07. The second kappa shape index (κ2) is 4.63. The van der Waals surface area contributed by atoms with E-state index in [1.807, 2.05) is 5.38 Å². The highest BCUT2D eigenvalue weighted by Gasteiger charge is 2.01. The summed E-state index contributed by atoms with van der Waals surface area (Å²) < 4.78 is 13.0. The van der Waals surface area contributed by atoms with Crippen LogP contribution in [-0.2, 0) is 5.75 Å². The normalized spacial score (nSPS) is 10.5. The van der Waals surface area contributed by atoms with Crippen LogP contribution in [0.1, 0.15) is 5.01 Å². The van der Waals surface area contributed by atoms with Gasteiger partial charge in [-0.1, -0.05) is 0 Å². The molecule has 0 spiro atoms. The van der Waals surface area contributed by atoms with Crippen molar-refractivity contribution in [2.24, 2.45) is 0 Å². The molecule has 0 radical (unpaired) electrons. The van der Waals surface area contributed by atoms with Crippen molar-refractivity contribution in [3.05, 3.63) is 40.6 Å². The number of hydrogen-bond donors (Lipinski definition) is 1. The van der Waals surface area contributed by atoms with Gasteiger partial charge >= 0.3 is 0 Å². The first kappa shape index (κ1) is 10.4. The molecule has 5 heteroatoms. The first-order valence-corrected chi connectivity index (χ1v) is 6.18. The molecule has 78 valence electrons. The van der Waals surface area contributed by atoms with Gasteiger partial charge in [-0.05, 0) is 18.2 Å². The van der Waals surface area contributed by atoms with Crippen molar-refractivity contribution in [1.29, 1.82) is 0 Å². The van der Waals surface area contributed by atoms with Crippen molar-refractivity contribution in [1.82, 2.24) is 4.98 Å². The lowest BCUT2D eigenvalue weighted by Crippen LogP contribution is -1.87. The second-order valence-corrected chi connectivity index (χ2v) is 4.96. The zero-order valence-electron chi connectivity index (χ0n) is 7.81. The van der Waals surface area contributed by atoms with E-state index in [4.69, 9.17) is 5.73 Å². The van der Waals surface area contributed by atoms with E-state index in [0.717, 1.165) is 15.7 Å². The van der Waals surface area contributed by atoms with Crippen LogP contribution in [0, 0.1) is 5.82 Å². The van der Waals surface area contributed by atoms with Crippen LogP contribution in [0.2, 0.25) is 0 Å². The Balaban J connectivity index is 2.05. The number of thiazole rings is 1. The van der Waals surface area contributed by atoms with E-state index in [-0.39, 0.29) is 5.82 Å². The molecule has 0 amide bonds. The molecule has 1 heterocycles. The summed E-state index contributed by atoms with van der Waals surface area (Å²) in [5, 5.41) is 2.96. The molecule has 0 bridgehead atoms. The van der Waals surface area contributed by atoms with Gasteiger partial charge in [0.15, 0.2) is 0 Å². The molecule has 0 saturated carbocycles. The van der Waals surface area contributed by atoms with Crippen LogP contribution in [-0.4, -0.2) is 4.98 Å². The number of hydrogen-bond acceptors (Lipinski definition) is 4. The zero-order chi connectivity index (χ0) is 10.7. The van der Waals surface area contributed by atoms with E-state index in [1.54, 1.807) is 23.6 Å². The molecule has 1 aromatic heterocycles. The van der Waals surface area contributed by atoms with Gasteiger partial charge in [0.25, 0.3) is 0 Å². The molecule has 0 aliphatic rings. The number of halogens is 1. The van der Waals surface area contributed by atoms with Crippen molar-refractivity contribution in [3.63, 3.8) is 0 Å². The first-order valence-electron chi connectivity index (χ1n) is 4.31. The molecule has 2 aromatic rings. The Morgan fingerprint density at radius 1 is 1.40 bits per heavy atom. The van der Waals surface area contributed by atoms with Gasteiger partial charge in [0.2, 0.25) is 0 Å². The van der Waals surface area contributed by atoms with Crippen molar-refractivity contribution >= 4 is 28.8 Å². The number of nitrogens with two attached hydrogens (primary N) is 1. The monoisotopic (exact) mass is 240 g/mol. The number of anilines is 1. The number of rotatable bonds is 3. The van der Waals surface area contributed by atoms with E-state index in [1.165, 1.54) is 23.9 Å². The Bertz CT molecular complexity index is 422. The van der Waals surface area contributed by atoms with Crippen molar-refractivity contribution < 1.29 is 4.39 Å². The lowest BCUT2D eigenvalue weighted by molar-refractivity contribution is 0.625. The minimum absolute atomic E-state index is 0.295. The molecular formula is C10H9FN2S2. The Kier molecular flexibility index (Phi) is 3.23. The highest BCUT2D eigenvalue weighted by atomic mass is 32.2. The molecule has 0 unspecified atom stereocenters. The van der Waals surface area contributed by atoms with Gasteiger partial charge < -0.3 is 5.73 Å². The Labute approximate surface area is 95.3 Å². The number of benzene rings is 1. The Morgan fingerprint density at radius 2 is 2.27 bits per heavy atom. The highest BCUT2D eigenvalue weighted by Crippen LogP contribution is 2.26. The highest BCUT2D eigenvalue weighted by molar-refractivity contribution is 7.98.